The summed E-state index contributed by atoms with van der Waals surface area (Å²) in [6.45, 7) is 7.93. The molecule has 0 amide bonds. The number of hydrogen-bond acceptors (Lipinski definition) is 3. The summed E-state index contributed by atoms with van der Waals surface area (Å²) in [5, 5.41) is 3.51. The zero-order valence-electron chi connectivity index (χ0n) is 13.5. The van der Waals surface area contributed by atoms with Crippen LogP contribution in [-0.4, -0.2) is 24.6 Å². The summed E-state index contributed by atoms with van der Waals surface area (Å²) in [6.07, 6.45) is 8.94. The molecule has 1 aromatic heterocycles. The molecule has 3 rings (SSSR count). The zero-order valence-corrected chi connectivity index (χ0v) is 13.5. The van der Waals surface area contributed by atoms with Gasteiger partial charge in [-0.05, 0) is 69.5 Å². The van der Waals surface area contributed by atoms with Crippen molar-refractivity contribution in [3.63, 3.8) is 0 Å². The van der Waals surface area contributed by atoms with Crippen molar-refractivity contribution in [3.8, 4) is 0 Å². The maximum absolute atomic E-state index is 4.70. The van der Waals surface area contributed by atoms with Crippen LogP contribution in [0.5, 0.6) is 0 Å². The van der Waals surface area contributed by atoms with Gasteiger partial charge < -0.3 is 10.2 Å². The largest absolute Gasteiger partial charge is 0.370 e. The summed E-state index contributed by atoms with van der Waals surface area (Å²) in [5.74, 6) is 1.88. The van der Waals surface area contributed by atoms with Gasteiger partial charge in [0.25, 0.3) is 0 Å². The van der Waals surface area contributed by atoms with E-state index in [9.17, 15) is 0 Å². The molecule has 1 atom stereocenters. The molecule has 1 heterocycles. The summed E-state index contributed by atoms with van der Waals surface area (Å²) >= 11 is 0. The van der Waals surface area contributed by atoms with E-state index in [0.29, 0.717) is 6.04 Å². The van der Waals surface area contributed by atoms with Crippen molar-refractivity contribution in [1.29, 1.82) is 0 Å². The Kier molecular flexibility index (Phi) is 4.79. The normalized spacial score (nSPS) is 19.5. The van der Waals surface area contributed by atoms with Crippen molar-refractivity contribution in [2.45, 2.75) is 52.0 Å². The first-order valence-electron chi connectivity index (χ1n) is 8.70. The van der Waals surface area contributed by atoms with Crippen LogP contribution in [0.2, 0.25) is 0 Å². The summed E-state index contributed by atoms with van der Waals surface area (Å²) < 4.78 is 0. The molecule has 0 aliphatic heterocycles. The van der Waals surface area contributed by atoms with Gasteiger partial charge in [0.1, 0.15) is 0 Å². The number of hydrogen-bond donors (Lipinski definition) is 1. The number of nitrogens with zero attached hydrogens (tertiary/aromatic N) is 2. The van der Waals surface area contributed by atoms with E-state index in [1.807, 2.05) is 0 Å². The smallest absolute Gasteiger partial charge is 0.0572 e. The van der Waals surface area contributed by atoms with E-state index in [1.54, 1.807) is 0 Å². The predicted octanol–water partition coefficient (Wildman–Crippen LogP) is 3.77. The minimum absolute atomic E-state index is 0.347. The standard InChI is InChI=1S/C18H29N3/c1-3-10-19-14(2)18-9-8-17(11-20-18)21(12-15-4-5-15)13-16-6-7-16/h8-9,11,14-16,19H,3-7,10,12-13H2,1-2H3. The molecule has 0 radical (unpaired) electrons. The average molecular weight is 287 g/mol. The lowest BCUT2D eigenvalue weighted by atomic mass is 10.2. The van der Waals surface area contributed by atoms with Crippen LogP contribution in [0, 0.1) is 11.8 Å². The van der Waals surface area contributed by atoms with Crippen molar-refractivity contribution in [2.75, 3.05) is 24.5 Å². The van der Waals surface area contributed by atoms with Gasteiger partial charge in [-0.25, -0.2) is 0 Å². The summed E-state index contributed by atoms with van der Waals surface area (Å²) in [6, 6.07) is 4.83. The number of nitrogens with one attached hydrogen (secondary N) is 1. The van der Waals surface area contributed by atoms with Gasteiger partial charge in [-0.3, -0.25) is 4.98 Å². The van der Waals surface area contributed by atoms with Crippen molar-refractivity contribution in [1.82, 2.24) is 10.3 Å². The van der Waals surface area contributed by atoms with Crippen LogP contribution < -0.4 is 10.2 Å². The fourth-order valence-electron chi connectivity index (χ4n) is 2.82. The van der Waals surface area contributed by atoms with Crippen LogP contribution in [0.1, 0.15) is 57.7 Å². The predicted molar refractivity (Wildman–Crippen MR) is 88.6 cm³/mol. The monoisotopic (exact) mass is 287 g/mol. The average Bonchev–Trinajstić information content (AvgIpc) is 3.40. The highest BCUT2D eigenvalue weighted by atomic mass is 15.1. The van der Waals surface area contributed by atoms with Crippen LogP contribution in [-0.2, 0) is 0 Å². The highest BCUT2D eigenvalue weighted by Gasteiger charge is 2.29. The van der Waals surface area contributed by atoms with E-state index in [4.69, 9.17) is 4.98 Å². The molecule has 1 N–H and O–H groups in total. The molecule has 21 heavy (non-hydrogen) atoms. The lowest BCUT2D eigenvalue weighted by Gasteiger charge is -2.25. The first-order valence-corrected chi connectivity index (χ1v) is 8.70. The molecule has 116 valence electrons. The Hall–Kier alpha value is -1.09. The Labute approximate surface area is 129 Å². The topological polar surface area (TPSA) is 28.2 Å². The Morgan fingerprint density at radius 1 is 1.19 bits per heavy atom. The molecule has 0 spiro atoms. The van der Waals surface area contributed by atoms with Gasteiger partial charge in [0.2, 0.25) is 0 Å². The van der Waals surface area contributed by atoms with Crippen LogP contribution in [0.15, 0.2) is 18.3 Å². The van der Waals surface area contributed by atoms with E-state index >= 15 is 0 Å². The van der Waals surface area contributed by atoms with E-state index in [1.165, 1.54) is 50.9 Å². The van der Waals surface area contributed by atoms with Crippen LogP contribution >= 0.6 is 0 Å². The van der Waals surface area contributed by atoms with Gasteiger partial charge in [-0.2, -0.15) is 0 Å². The van der Waals surface area contributed by atoms with Gasteiger partial charge in [-0.1, -0.05) is 6.92 Å². The third-order valence-electron chi connectivity index (χ3n) is 4.63. The molecular weight excluding hydrogens is 258 g/mol. The number of anilines is 1. The van der Waals surface area contributed by atoms with Gasteiger partial charge in [0, 0.05) is 19.1 Å². The second-order valence-electron chi connectivity index (χ2n) is 6.91. The third kappa shape index (κ3) is 4.44. The fourth-order valence-corrected chi connectivity index (χ4v) is 2.82. The molecule has 0 aromatic carbocycles. The Morgan fingerprint density at radius 3 is 2.33 bits per heavy atom. The summed E-state index contributed by atoms with van der Waals surface area (Å²) in [4.78, 5) is 7.28. The molecule has 3 heteroatoms. The molecule has 3 nitrogen and oxygen atoms in total. The quantitative estimate of drug-likeness (QED) is 0.749. The molecular formula is C18H29N3. The lowest BCUT2D eigenvalue weighted by Crippen LogP contribution is -2.28. The molecule has 2 fully saturated rings. The number of rotatable bonds is 9. The Balaban J connectivity index is 1.62. The first kappa shape index (κ1) is 14.8. The first-order chi connectivity index (χ1) is 10.3. The minimum Gasteiger partial charge on any atom is -0.370 e. The van der Waals surface area contributed by atoms with Gasteiger partial charge in [-0.15, -0.1) is 0 Å². The molecule has 1 unspecified atom stereocenters. The molecule has 1 aromatic rings. The van der Waals surface area contributed by atoms with Crippen molar-refractivity contribution in [3.05, 3.63) is 24.0 Å². The minimum atomic E-state index is 0.347. The van der Waals surface area contributed by atoms with Crippen molar-refractivity contribution < 1.29 is 0 Å². The van der Waals surface area contributed by atoms with Gasteiger partial charge >= 0.3 is 0 Å². The van der Waals surface area contributed by atoms with Crippen LogP contribution in [0.25, 0.3) is 0 Å². The van der Waals surface area contributed by atoms with Crippen LogP contribution in [0.3, 0.4) is 0 Å². The van der Waals surface area contributed by atoms with E-state index < -0.39 is 0 Å². The SMILES string of the molecule is CCCNC(C)c1ccc(N(CC2CC2)CC2CC2)cn1. The lowest BCUT2D eigenvalue weighted by molar-refractivity contribution is 0.558. The molecule has 2 aliphatic carbocycles. The summed E-state index contributed by atoms with van der Waals surface area (Å²) in [7, 11) is 0. The Bertz CT molecular complexity index is 420. The van der Waals surface area contributed by atoms with E-state index in [-0.39, 0.29) is 0 Å². The van der Waals surface area contributed by atoms with E-state index in [0.717, 1.165) is 24.1 Å². The van der Waals surface area contributed by atoms with Crippen molar-refractivity contribution in [2.24, 2.45) is 11.8 Å². The molecule has 2 saturated carbocycles. The van der Waals surface area contributed by atoms with Gasteiger partial charge in [0.15, 0.2) is 0 Å². The van der Waals surface area contributed by atoms with E-state index in [2.05, 4.69) is 42.4 Å². The van der Waals surface area contributed by atoms with Crippen LogP contribution in [0.4, 0.5) is 5.69 Å². The maximum Gasteiger partial charge on any atom is 0.0572 e. The zero-order chi connectivity index (χ0) is 14.7. The number of aromatic nitrogens is 1. The third-order valence-corrected chi connectivity index (χ3v) is 4.63. The van der Waals surface area contributed by atoms with Crippen molar-refractivity contribution >= 4 is 5.69 Å². The fraction of sp³-hybridized carbons (Fsp3) is 0.722. The second kappa shape index (κ2) is 6.78. The molecule has 0 saturated heterocycles. The number of pyridine rings is 1. The molecule has 0 bridgehead atoms. The van der Waals surface area contributed by atoms with Gasteiger partial charge in [0.05, 0.1) is 17.6 Å². The summed E-state index contributed by atoms with van der Waals surface area (Å²) in [5.41, 5.74) is 2.48. The Morgan fingerprint density at radius 2 is 1.86 bits per heavy atom. The highest BCUT2D eigenvalue weighted by molar-refractivity contribution is 5.45. The highest BCUT2D eigenvalue weighted by Crippen LogP contribution is 2.35. The maximum atomic E-state index is 4.70. The second-order valence-corrected chi connectivity index (χ2v) is 6.91. The molecule has 2 aliphatic rings.